The van der Waals surface area contributed by atoms with Crippen LogP contribution in [-0.4, -0.2) is 17.5 Å². The monoisotopic (exact) mass is 536 g/mol. The van der Waals surface area contributed by atoms with Gasteiger partial charge in [0.05, 0.1) is 6.61 Å². The van der Waals surface area contributed by atoms with Crippen LogP contribution in [0, 0.1) is 5.92 Å². The molecule has 2 nitrogen and oxygen atoms in total. The minimum Gasteiger partial charge on any atom is -0.508 e. The Morgan fingerprint density at radius 1 is 1.17 bits per heavy atom. The van der Waals surface area contributed by atoms with E-state index in [-0.39, 0.29) is 5.92 Å². The van der Waals surface area contributed by atoms with Crippen LogP contribution in [0.15, 0.2) is 66.3 Å². The number of fused-ring (bicyclic) bond motifs is 1. The van der Waals surface area contributed by atoms with Gasteiger partial charge in [0.1, 0.15) is 11.5 Å². The third-order valence-electron chi connectivity index (χ3n) is 5.38. The number of hydrogen-bond acceptors (Lipinski definition) is 3. The molecule has 0 spiro atoms. The molecule has 1 N–H and O–H groups in total. The van der Waals surface area contributed by atoms with Crippen LogP contribution in [0.3, 0.4) is 0 Å². The maximum Gasteiger partial charge on any atom is 0.119 e. The zero-order valence-corrected chi connectivity index (χ0v) is 21.4. The minimum atomic E-state index is 0.283. The highest BCUT2D eigenvalue weighted by Crippen LogP contribution is 2.45. The molecule has 0 saturated carbocycles. The fourth-order valence-corrected chi connectivity index (χ4v) is 4.84. The van der Waals surface area contributed by atoms with Gasteiger partial charge in [-0.05, 0) is 100 Å². The first-order valence-electron chi connectivity index (χ1n) is 10.7. The van der Waals surface area contributed by atoms with Crippen LogP contribution in [0.2, 0.25) is 0 Å². The van der Waals surface area contributed by atoms with Gasteiger partial charge in [-0.15, -0.1) is 0 Å². The molecule has 0 aliphatic heterocycles. The molecule has 0 saturated heterocycles. The Labute approximate surface area is 198 Å². The van der Waals surface area contributed by atoms with Gasteiger partial charge in [0.25, 0.3) is 0 Å². The molecular weight excluding hydrogens is 503 g/mol. The van der Waals surface area contributed by atoms with Gasteiger partial charge in [-0.2, -0.15) is 0 Å². The van der Waals surface area contributed by atoms with E-state index in [2.05, 4.69) is 83.6 Å². The first-order valence-corrected chi connectivity index (χ1v) is 14.3. The van der Waals surface area contributed by atoms with E-state index >= 15 is 0 Å². The highest BCUT2D eigenvalue weighted by molar-refractivity contribution is 14.2. The van der Waals surface area contributed by atoms with Gasteiger partial charge in [0.15, 0.2) is 0 Å². The van der Waals surface area contributed by atoms with Crippen LogP contribution < -0.4 is 4.74 Å². The van der Waals surface area contributed by atoms with Crippen LogP contribution in [0.5, 0.6) is 11.5 Å². The summed E-state index contributed by atoms with van der Waals surface area (Å²) in [6.45, 7) is 8.94. The Hall–Kier alpha value is -1.40. The number of ether oxygens (including phenoxy) is 1. The summed E-state index contributed by atoms with van der Waals surface area (Å²) in [4.78, 5) is 0. The summed E-state index contributed by atoms with van der Waals surface area (Å²) in [5.74, 6) is 2.98. The molecule has 4 heteroatoms. The van der Waals surface area contributed by atoms with Gasteiger partial charge in [0, 0.05) is 11.7 Å². The summed E-state index contributed by atoms with van der Waals surface area (Å²) in [5, 5.41) is 9.75. The molecule has 0 radical (unpaired) electrons. The Balaban J connectivity index is 0.00000155. The second-order valence-electron chi connectivity index (χ2n) is 7.03. The normalized spacial score (nSPS) is 18.5. The Kier molecular flexibility index (Phi) is 10.9. The van der Waals surface area contributed by atoms with Crippen molar-refractivity contribution in [3.8, 4) is 11.5 Å². The molecular formula is C26H33IO2S. The summed E-state index contributed by atoms with van der Waals surface area (Å²) < 4.78 is 5.92. The van der Waals surface area contributed by atoms with E-state index in [1.54, 1.807) is 21.1 Å². The Bertz CT molecular complexity index is 843. The molecule has 2 atom stereocenters. The van der Waals surface area contributed by atoms with E-state index in [4.69, 9.17) is 4.74 Å². The van der Waals surface area contributed by atoms with Crippen molar-refractivity contribution in [2.75, 3.05) is 12.4 Å². The zero-order chi connectivity index (χ0) is 21.9. The topological polar surface area (TPSA) is 29.5 Å². The molecule has 0 amide bonds. The van der Waals surface area contributed by atoms with Crippen LogP contribution >= 0.6 is 30.1 Å². The van der Waals surface area contributed by atoms with Crippen LogP contribution in [-0.2, 0) is 6.42 Å². The summed E-state index contributed by atoms with van der Waals surface area (Å²) in [5.41, 5.74) is 5.39. The van der Waals surface area contributed by atoms with Crippen molar-refractivity contribution in [3.63, 3.8) is 0 Å². The largest absolute Gasteiger partial charge is 0.508 e. The van der Waals surface area contributed by atoms with Crippen molar-refractivity contribution in [1.82, 2.24) is 0 Å². The van der Waals surface area contributed by atoms with Gasteiger partial charge in [-0.1, -0.05) is 59.2 Å². The fraction of sp³-hybridized carbons (Fsp3) is 0.385. The maximum atomic E-state index is 9.75. The average molecular weight is 537 g/mol. The number of phenols is 1. The van der Waals surface area contributed by atoms with Gasteiger partial charge in [0.2, 0.25) is 0 Å². The number of halogens is 1. The van der Waals surface area contributed by atoms with Crippen LogP contribution in [0.25, 0.3) is 0 Å². The van der Waals surface area contributed by atoms with Crippen LogP contribution in [0.1, 0.15) is 56.7 Å². The standard InChI is InChI=1S/C24H27IO2S.C2H6/c1-3-5-17(4-2)22-12-8-19-16-21(27-14-15-28-25)11-13-23(19)24(22)18-6-9-20(26)10-7-18;1-2/h3-7,9-11,13,16,22,24,26H,8,12,14-15H2,1-2H3;1-2H3/b5-3-,17-4+;. The van der Waals surface area contributed by atoms with Crippen molar-refractivity contribution in [3.05, 3.63) is 83.0 Å². The second-order valence-corrected chi connectivity index (χ2v) is 9.52. The highest BCUT2D eigenvalue weighted by Gasteiger charge is 2.32. The Morgan fingerprint density at radius 2 is 1.90 bits per heavy atom. The SMILES string of the molecule is C/C=C\C(=C/C)C1CCc2cc(OCCSI)ccc2C1c1ccc(O)cc1.CC. The molecule has 3 rings (SSSR count). The number of hydrogen-bond donors (Lipinski definition) is 1. The first-order chi connectivity index (χ1) is 14.7. The fourth-order valence-electron chi connectivity index (χ4n) is 4.16. The molecule has 0 heterocycles. The van der Waals surface area contributed by atoms with Crippen LogP contribution in [0.4, 0.5) is 0 Å². The molecule has 162 valence electrons. The molecule has 0 bridgehead atoms. The summed E-state index contributed by atoms with van der Waals surface area (Å²) in [7, 11) is 1.77. The summed E-state index contributed by atoms with van der Waals surface area (Å²) in [6.07, 6.45) is 8.77. The third-order valence-corrected chi connectivity index (χ3v) is 7.02. The minimum absolute atomic E-state index is 0.283. The lowest BCUT2D eigenvalue weighted by molar-refractivity contribution is 0.343. The van der Waals surface area contributed by atoms with Gasteiger partial charge >= 0.3 is 0 Å². The molecule has 1 aliphatic rings. The van der Waals surface area contributed by atoms with E-state index in [1.165, 1.54) is 22.3 Å². The second kappa shape index (κ2) is 13.1. The van der Waals surface area contributed by atoms with Gasteiger partial charge < -0.3 is 9.84 Å². The quantitative estimate of drug-likeness (QED) is 0.220. The molecule has 30 heavy (non-hydrogen) atoms. The predicted octanol–water partition coefficient (Wildman–Crippen LogP) is 8.10. The van der Waals surface area contributed by atoms with Crippen molar-refractivity contribution in [2.45, 2.75) is 46.5 Å². The van der Waals surface area contributed by atoms with E-state index in [9.17, 15) is 5.11 Å². The van der Waals surface area contributed by atoms with E-state index in [1.807, 2.05) is 13.8 Å². The number of rotatable bonds is 7. The lowest BCUT2D eigenvalue weighted by atomic mass is 9.69. The van der Waals surface area contributed by atoms with Crippen molar-refractivity contribution in [1.29, 1.82) is 0 Å². The van der Waals surface area contributed by atoms with Crippen molar-refractivity contribution >= 4 is 30.1 Å². The Morgan fingerprint density at radius 3 is 2.53 bits per heavy atom. The molecule has 1 aliphatic carbocycles. The number of phenolic OH excluding ortho intramolecular Hbond substituents is 1. The third kappa shape index (κ3) is 6.30. The maximum absolute atomic E-state index is 9.75. The van der Waals surface area contributed by atoms with Gasteiger partial charge in [-0.25, -0.2) is 0 Å². The molecule has 2 aromatic carbocycles. The summed E-state index contributed by atoms with van der Waals surface area (Å²) >= 11 is 2.30. The number of allylic oxidation sites excluding steroid dienone is 4. The zero-order valence-electron chi connectivity index (χ0n) is 18.4. The predicted molar refractivity (Wildman–Crippen MR) is 140 cm³/mol. The highest BCUT2D eigenvalue weighted by atomic mass is 127. The van der Waals surface area contributed by atoms with Gasteiger partial charge in [-0.3, -0.25) is 0 Å². The molecule has 0 aromatic heterocycles. The molecule has 2 aromatic rings. The molecule has 2 unspecified atom stereocenters. The van der Waals surface area contributed by atoms with Crippen molar-refractivity contribution in [2.24, 2.45) is 5.92 Å². The van der Waals surface area contributed by atoms with E-state index in [0.29, 0.717) is 11.7 Å². The molecule has 0 fully saturated rings. The smallest absolute Gasteiger partial charge is 0.119 e. The average Bonchev–Trinajstić information content (AvgIpc) is 2.79. The first kappa shape index (κ1) is 24.9. The number of benzene rings is 2. The lowest BCUT2D eigenvalue weighted by Gasteiger charge is -2.35. The van der Waals surface area contributed by atoms with Crippen molar-refractivity contribution < 1.29 is 9.84 Å². The number of aryl methyl sites for hydroxylation is 1. The lowest BCUT2D eigenvalue weighted by Crippen LogP contribution is -2.23. The van der Waals surface area contributed by atoms with E-state index in [0.717, 1.165) is 31.0 Å². The van der Waals surface area contributed by atoms with E-state index < -0.39 is 0 Å². The summed E-state index contributed by atoms with van der Waals surface area (Å²) in [6, 6.07) is 14.3. The number of aromatic hydroxyl groups is 1.